The second kappa shape index (κ2) is 5.73. The summed E-state index contributed by atoms with van der Waals surface area (Å²) >= 11 is 0. The summed E-state index contributed by atoms with van der Waals surface area (Å²) in [4.78, 5) is 22.1. The van der Waals surface area contributed by atoms with Crippen molar-refractivity contribution < 1.29 is 9.72 Å². The van der Waals surface area contributed by atoms with E-state index in [4.69, 9.17) is 0 Å². The van der Waals surface area contributed by atoms with Gasteiger partial charge in [0.25, 0.3) is 0 Å². The van der Waals surface area contributed by atoms with Crippen LogP contribution in [0.15, 0.2) is 12.4 Å². The number of anilines is 1. The highest BCUT2D eigenvalue weighted by Crippen LogP contribution is 2.15. The van der Waals surface area contributed by atoms with Gasteiger partial charge in [-0.3, -0.25) is 24.3 Å². The first kappa shape index (κ1) is 14.7. The summed E-state index contributed by atoms with van der Waals surface area (Å²) in [5, 5.41) is 21.6. The van der Waals surface area contributed by atoms with Gasteiger partial charge in [0.05, 0.1) is 16.3 Å². The van der Waals surface area contributed by atoms with E-state index < -0.39 is 4.92 Å². The topological polar surface area (TPSA) is 108 Å². The molecule has 21 heavy (non-hydrogen) atoms. The van der Waals surface area contributed by atoms with E-state index in [0.29, 0.717) is 11.4 Å². The molecule has 112 valence electrons. The Morgan fingerprint density at radius 3 is 2.57 bits per heavy atom. The normalized spacial score (nSPS) is 10.6. The molecule has 0 atom stereocenters. The van der Waals surface area contributed by atoms with Crippen molar-refractivity contribution in [2.45, 2.75) is 26.8 Å². The zero-order valence-corrected chi connectivity index (χ0v) is 12.0. The second-order valence-corrected chi connectivity index (χ2v) is 4.72. The van der Waals surface area contributed by atoms with Crippen molar-refractivity contribution in [1.29, 1.82) is 0 Å². The second-order valence-electron chi connectivity index (χ2n) is 4.72. The molecule has 0 aliphatic heterocycles. The van der Waals surface area contributed by atoms with Crippen molar-refractivity contribution in [3.8, 4) is 0 Å². The molecule has 9 nitrogen and oxygen atoms in total. The van der Waals surface area contributed by atoms with E-state index >= 15 is 0 Å². The van der Waals surface area contributed by atoms with E-state index in [2.05, 4.69) is 15.5 Å². The molecule has 1 amide bonds. The Kier molecular flexibility index (Phi) is 4.01. The van der Waals surface area contributed by atoms with Gasteiger partial charge in [0, 0.05) is 26.2 Å². The first-order valence-electron chi connectivity index (χ1n) is 6.35. The van der Waals surface area contributed by atoms with Crippen LogP contribution in [0.4, 0.5) is 11.4 Å². The number of nitrogens with zero attached hydrogens (tertiary/aromatic N) is 5. The summed E-state index contributed by atoms with van der Waals surface area (Å²) in [6.07, 6.45) is 3.22. The molecule has 0 unspecified atom stereocenters. The zero-order chi connectivity index (χ0) is 15.6. The van der Waals surface area contributed by atoms with Crippen LogP contribution in [-0.2, 0) is 18.4 Å². The Bertz CT molecular complexity index is 687. The van der Waals surface area contributed by atoms with Gasteiger partial charge in [-0.2, -0.15) is 10.2 Å². The molecule has 9 heteroatoms. The summed E-state index contributed by atoms with van der Waals surface area (Å²) in [6, 6.07) is 0. The third-order valence-corrected chi connectivity index (χ3v) is 2.97. The number of hydrogen-bond donors (Lipinski definition) is 1. The van der Waals surface area contributed by atoms with Crippen molar-refractivity contribution in [3.05, 3.63) is 33.9 Å². The lowest BCUT2D eigenvalue weighted by Gasteiger charge is -2.03. The predicted molar refractivity (Wildman–Crippen MR) is 74.8 cm³/mol. The van der Waals surface area contributed by atoms with Crippen LogP contribution < -0.4 is 5.32 Å². The number of nitro groups is 1. The van der Waals surface area contributed by atoms with Crippen molar-refractivity contribution in [1.82, 2.24) is 19.6 Å². The fourth-order valence-electron chi connectivity index (χ4n) is 1.95. The number of hydrogen-bond acceptors (Lipinski definition) is 5. The lowest BCUT2D eigenvalue weighted by atomic mass is 10.3. The van der Waals surface area contributed by atoms with Gasteiger partial charge >= 0.3 is 5.69 Å². The molecule has 2 aromatic heterocycles. The molecular weight excluding hydrogens is 276 g/mol. The largest absolute Gasteiger partial charge is 0.323 e. The molecule has 0 aliphatic carbocycles. The molecule has 2 aromatic rings. The maximum atomic E-state index is 11.8. The van der Waals surface area contributed by atoms with Gasteiger partial charge < -0.3 is 5.32 Å². The van der Waals surface area contributed by atoms with Gasteiger partial charge in [-0.25, -0.2) is 0 Å². The van der Waals surface area contributed by atoms with Gasteiger partial charge in [-0.15, -0.1) is 0 Å². The van der Waals surface area contributed by atoms with Gasteiger partial charge in [0.1, 0.15) is 11.9 Å². The molecular formula is C12H16N6O3. The first-order valence-corrected chi connectivity index (χ1v) is 6.35. The highest BCUT2D eigenvalue weighted by molar-refractivity contribution is 5.91. The summed E-state index contributed by atoms with van der Waals surface area (Å²) < 4.78 is 3.02. The number of amides is 1. The molecule has 2 rings (SSSR count). The van der Waals surface area contributed by atoms with Crippen LogP contribution in [0, 0.1) is 24.0 Å². The molecule has 0 radical (unpaired) electrons. The number of carbonyl (C=O) groups is 1. The smallest absolute Gasteiger partial charge is 0.309 e. The first-order chi connectivity index (χ1) is 9.86. The monoisotopic (exact) mass is 292 g/mol. The van der Waals surface area contributed by atoms with Gasteiger partial charge in [-0.1, -0.05) is 0 Å². The lowest BCUT2D eigenvalue weighted by molar-refractivity contribution is -0.385. The molecule has 0 aliphatic rings. The van der Waals surface area contributed by atoms with Gasteiger partial charge in [-0.05, 0) is 13.8 Å². The van der Waals surface area contributed by atoms with Crippen molar-refractivity contribution in [2.24, 2.45) is 7.05 Å². The average molecular weight is 292 g/mol. The number of aryl methyl sites for hydroxylation is 4. The van der Waals surface area contributed by atoms with Crippen LogP contribution in [0.2, 0.25) is 0 Å². The van der Waals surface area contributed by atoms with Crippen LogP contribution in [0.3, 0.4) is 0 Å². The number of carbonyl (C=O) groups excluding carboxylic acids is 1. The third kappa shape index (κ3) is 3.44. The van der Waals surface area contributed by atoms with Gasteiger partial charge in [0.15, 0.2) is 0 Å². The summed E-state index contributed by atoms with van der Waals surface area (Å²) in [7, 11) is 1.77. The van der Waals surface area contributed by atoms with Crippen LogP contribution in [0.5, 0.6) is 0 Å². The number of aromatic nitrogens is 4. The minimum atomic E-state index is -0.488. The number of nitrogens with one attached hydrogen (secondary N) is 1. The van der Waals surface area contributed by atoms with E-state index in [9.17, 15) is 14.9 Å². The fraction of sp³-hybridized carbons (Fsp3) is 0.417. The SMILES string of the molecule is Cc1nn(C)cc1NC(=O)CCn1cc([N+](=O)[O-])c(C)n1. The minimum absolute atomic E-state index is 0.0430. The molecule has 0 saturated carbocycles. The zero-order valence-electron chi connectivity index (χ0n) is 12.0. The molecule has 0 aromatic carbocycles. The minimum Gasteiger partial charge on any atom is -0.323 e. The highest BCUT2D eigenvalue weighted by Gasteiger charge is 2.16. The van der Waals surface area contributed by atoms with Gasteiger partial charge in [0.2, 0.25) is 5.91 Å². The van der Waals surface area contributed by atoms with Crippen LogP contribution in [0.1, 0.15) is 17.8 Å². The number of rotatable bonds is 5. The third-order valence-electron chi connectivity index (χ3n) is 2.97. The molecule has 0 spiro atoms. The van der Waals surface area contributed by atoms with Crippen molar-refractivity contribution in [3.63, 3.8) is 0 Å². The Morgan fingerprint density at radius 1 is 1.33 bits per heavy atom. The lowest BCUT2D eigenvalue weighted by Crippen LogP contribution is -2.15. The van der Waals surface area contributed by atoms with E-state index in [1.165, 1.54) is 10.9 Å². The van der Waals surface area contributed by atoms with Crippen LogP contribution >= 0.6 is 0 Å². The van der Waals surface area contributed by atoms with E-state index in [0.717, 1.165) is 5.69 Å². The Hall–Kier alpha value is -2.71. The Labute approximate surface area is 120 Å². The fourth-order valence-corrected chi connectivity index (χ4v) is 1.95. The van der Waals surface area contributed by atoms with Crippen molar-refractivity contribution >= 4 is 17.3 Å². The quantitative estimate of drug-likeness (QED) is 0.657. The summed E-state index contributed by atoms with van der Waals surface area (Å²) in [5.41, 5.74) is 1.68. The van der Waals surface area contributed by atoms with Crippen LogP contribution in [-0.4, -0.2) is 30.4 Å². The average Bonchev–Trinajstić information content (AvgIpc) is 2.90. The molecule has 2 heterocycles. The predicted octanol–water partition coefficient (Wildman–Crippen LogP) is 1.17. The Morgan fingerprint density at radius 2 is 2.05 bits per heavy atom. The maximum absolute atomic E-state index is 11.8. The molecule has 0 fully saturated rings. The standard InChI is InChI=1S/C12H16N6O3/c1-8-10(6-16(3)14-8)13-12(19)4-5-17-7-11(18(20)21)9(2)15-17/h6-7H,4-5H2,1-3H3,(H,13,19). The summed E-state index contributed by atoms with van der Waals surface area (Å²) in [6.45, 7) is 3.64. The molecule has 1 N–H and O–H groups in total. The molecule has 0 bridgehead atoms. The van der Waals surface area contributed by atoms with Crippen molar-refractivity contribution in [2.75, 3.05) is 5.32 Å². The highest BCUT2D eigenvalue weighted by atomic mass is 16.6. The van der Waals surface area contributed by atoms with Crippen LogP contribution in [0.25, 0.3) is 0 Å². The summed E-state index contributed by atoms with van der Waals surface area (Å²) in [5.74, 6) is -0.193. The van der Waals surface area contributed by atoms with E-state index in [1.807, 2.05) is 0 Å². The maximum Gasteiger partial charge on any atom is 0.309 e. The van der Waals surface area contributed by atoms with E-state index in [-0.39, 0.29) is 24.6 Å². The Balaban J connectivity index is 1.94. The molecule has 0 saturated heterocycles. The van der Waals surface area contributed by atoms with E-state index in [1.54, 1.807) is 31.8 Å².